The summed E-state index contributed by atoms with van der Waals surface area (Å²) < 4.78 is 0. The van der Waals surface area contributed by atoms with Crippen LogP contribution in [-0.2, 0) is 0 Å². The second-order valence-electron chi connectivity index (χ2n) is 0.500. The Balaban J connectivity index is 0. The molecule has 0 aromatic heterocycles. The molecular weight excluding hydrogens is 128 g/mol. The molecule has 6 heavy (non-hydrogen) atoms. The third-order valence-electron chi connectivity index (χ3n) is 0. The van der Waals surface area contributed by atoms with E-state index in [1.54, 1.807) is 0 Å². The molecule has 0 N–H and O–H groups in total. The molecule has 0 saturated heterocycles. The summed E-state index contributed by atoms with van der Waals surface area (Å²) in [6.07, 6.45) is 0. The van der Waals surface area contributed by atoms with Gasteiger partial charge in [0.25, 0.3) is 0 Å². The van der Waals surface area contributed by atoms with Crippen molar-refractivity contribution in [3.63, 3.8) is 0 Å². The summed E-state index contributed by atoms with van der Waals surface area (Å²) in [4.78, 5) is 34.3. The molecule has 0 saturated carbocycles. The third kappa shape index (κ3) is 405. The van der Waals surface area contributed by atoms with E-state index in [1.807, 2.05) is 0 Å². The van der Waals surface area contributed by atoms with Gasteiger partial charge in [-0.1, -0.05) is 0 Å². The predicted molar refractivity (Wildman–Crippen MR) is 5.75 cm³/mol. The molecule has 0 spiro atoms. The Morgan fingerprint density at radius 2 is 0.833 bits per heavy atom. The van der Waals surface area contributed by atoms with E-state index in [9.17, 15) is 0 Å². The van der Waals surface area contributed by atoms with Crippen LogP contribution in [0.15, 0.2) is 0 Å². The first-order chi connectivity index (χ1) is 2.00. The molecule has 0 aliphatic heterocycles. The maximum Gasteiger partial charge on any atom is 4.00 e. The van der Waals surface area contributed by atoms with E-state index in [0.29, 0.717) is 0 Å². The minimum Gasteiger partial charge on any atom is -0.894 e. The van der Waals surface area contributed by atoms with Crippen LogP contribution in [0.1, 0.15) is 0 Å². The Morgan fingerprint density at radius 3 is 0.833 bits per heavy atom. The van der Waals surface area contributed by atoms with Crippen molar-refractivity contribution in [1.82, 2.24) is 0 Å². The zero-order chi connectivity index (χ0) is 4.50. The first-order valence-electron chi connectivity index (χ1n) is 0.816. The van der Waals surface area contributed by atoms with Crippen LogP contribution in [0.25, 0.3) is 0 Å². The van der Waals surface area contributed by atoms with E-state index < -0.39 is 9.05 Å². The van der Waals surface area contributed by atoms with Gasteiger partial charge in [-0.05, 0) is 0 Å². The molecule has 0 heterocycles. The molecule has 0 bridgehead atoms. The Hall–Kier alpha value is 0.347. The van der Waals surface area contributed by atoms with Crippen molar-refractivity contribution in [1.29, 1.82) is 0 Å². The fourth-order valence-corrected chi connectivity index (χ4v) is 0. The van der Waals surface area contributed by atoms with Gasteiger partial charge < -0.3 is 28.2 Å². The summed E-state index contributed by atoms with van der Waals surface area (Å²) in [7, 11) is -5.61. The minimum atomic E-state index is -5.61. The van der Waals surface area contributed by atoms with Crippen molar-refractivity contribution in [2.45, 2.75) is 0 Å². The smallest absolute Gasteiger partial charge is 0.894 e. The molecule has 3 radical (unpaired) electrons. The fourth-order valence-electron chi connectivity index (χ4n) is 0. The van der Waals surface area contributed by atoms with Crippen LogP contribution in [0.5, 0.6) is 0 Å². The summed E-state index contributed by atoms with van der Waals surface area (Å²) in [5.41, 5.74) is 0. The Labute approximate surface area is 41.6 Å². The molecule has 0 atom stereocenters. The SMILES string of the molecule is [Cl+4].[O-][Si]([O-])([O-])[O-]. The monoisotopic (exact) mass is 127 g/mol. The fraction of sp³-hybridized carbons (Fsp3) is 0. The molecular formula is ClO4Si. The van der Waals surface area contributed by atoms with Crippen molar-refractivity contribution < 1.29 is 31.6 Å². The van der Waals surface area contributed by atoms with E-state index in [1.165, 1.54) is 0 Å². The molecule has 4 nitrogen and oxygen atoms in total. The Bertz CT molecular complexity index is 23.0. The van der Waals surface area contributed by atoms with Gasteiger partial charge in [0.1, 0.15) is 0 Å². The van der Waals surface area contributed by atoms with Crippen LogP contribution in [0.3, 0.4) is 0 Å². The van der Waals surface area contributed by atoms with Gasteiger partial charge in [0, 0.05) is 0 Å². The second kappa shape index (κ2) is 2.51. The van der Waals surface area contributed by atoms with E-state index in [4.69, 9.17) is 19.2 Å². The van der Waals surface area contributed by atoms with Crippen LogP contribution in [-0.4, -0.2) is 9.05 Å². The zero-order valence-corrected chi connectivity index (χ0v) is 4.27. The molecule has 0 aliphatic rings. The quantitative estimate of drug-likeness (QED) is 0.304. The summed E-state index contributed by atoms with van der Waals surface area (Å²) >= 11 is 0. The van der Waals surface area contributed by atoms with Gasteiger partial charge >= 0.3 is 12.4 Å². The van der Waals surface area contributed by atoms with Crippen molar-refractivity contribution in [3.8, 4) is 0 Å². The van der Waals surface area contributed by atoms with Crippen molar-refractivity contribution >= 4 is 9.05 Å². The number of rotatable bonds is 0. The molecule has 0 fully saturated rings. The normalized spacial score (nSPS) is 10.0. The third-order valence-corrected chi connectivity index (χ3v) is 0. The zero-order valence-electron chi connectivity index (χ0n) is 2.51. The topological polar surface area (TPSA) is 92.2 Å². The summed E-state index contributed by atoms with van der Waals surface area (Å²) in [6.45, 7) is 0. The number of hydrogen-bond donors (Lipinski definition) is 0. The van der Waals surface area contributed by atoms with Crippen molar-refractivity contribution in [2.24, 2.45) is 0 Å². The summed E-state index contributed by atoms with van der Waals surface area (Å²) in [5, 5.41) is 0. The van der Waals surface area contributed by atoms with Crippen LogP contribution >= 0.6 is 0 Å². The van der Waals surface area contributed by atoms with E-state index in [-0.39, 0.29) is 12.4 Å². The van der Waals surface area contributed by atoms with Crippen LogP contribution < -0.4 is 19.2 Å². The van der Waals surface area contributed by atoms with Gasteiger partial charge in [-0.3, -0.25) is 0 Å². The van der Waals surface area contributed by atoms with Crippen LogP contribution in [0.4, 0.5) is 0 Å². The van der Waals surface area contributed by atoms with Gasteiger partial charge in [0.05, 0.1) is 0 Å². The number of halogens is 1. The average molecular weight is 128 g/mol. The molecule has 35 valence electrons. The molecule has 0 aromatic rings. The molecule has 0 rings (SSSR count). The van der Waals surface area contributed by atoms with Gasteiger partial charge in [-0.25, -0.2) is 0 Å². The van der Waals surface area contributed by atoms with Gasteiger partial charge in [0.15, 0.2) is 0 Å². The van der Waals surface area contributed by atoms with Gasteiger partial charge in [-0.2, -0.15) is 0 Å². The maximum atomic E-state index is 8.58. The molecule has 0 unspecified atom stereocenters. The van der Waals surface area contributed by atoms with Crippen LogP contribution in [0.2, 0.25) is 0 Å². The molecule has 0 aromatic carbocycles. The van der Waals surface area contributed by atoms with E-state index in [0.717, 1.165) is 0 Å². The van der Waals surface area contributed by atoms with Crippen LogP contribution in [0, 0.1) is 12.4 Å². The largest absolute Gasteiger partial charge is 4.00 e. The first-order valence-corrected chi connectivity index (χ1v) is 2.45. The predicted octanol–water partition coefficient (Wildman–Crippen LogP) is -5.14. The second-order valence-corrected chi connectivity index (χ2v) is 1.50. The molecule has 0 aliphatic carbocycles. The molecule has 0 amide bonds. The standard InChI is InChI=1S/Cl.O4Si/c;1-5(2,3)4/q+4;-4. The van der Waals surface area contributed by atoms with Gasteiger partial charge in [0.2, 0.25) is 0 Å². The number of hydrogen-bond acceptors (Lipinski definition) is 4. The van der Waals surface area contributed by atoms with Gasteiger partial charge in [-0.15, -0.1) is 0 Å². The van der Waals surface area contributed by atoms with Crippen molar-refractivity contribution in [3.05, 3.63) is 0 Å². The summed E-state index contributed by atoms with van der Waals surface area (Å²) in [6, 6.07) is 0. The van der Waals surface area contributed by atoms with Crippen molar-refractivity contribution in [2.75, 3.05) is 0 Å². The maximum absolute atomic E-state index is 8.58. The molecule has 6 heteroatoms. The first kappa shape index (κ1) is 9.60. The van der Waals surface area contributed by atoms with E-state index in [2.05, 4.69) is 0 Å². The minimum absolute atomic E-state index is 0. The summed E-state index contributed by atoms with van der Waals surface area (Å²) in [5.74, 6) is 0. The Morgan fingerprint density at radius 1 is 0.833 bits per heavy atom. The van der Waals surface area contributed by atoms with E-state index >= 15 is 0 Å². The Kier molecular flexibility index (Phi) is 4.01. The average Bonchev–Trinajstić information content (AvgIpc) is 0.722.